The molecule has 0 spiro atoms. The number of tetrazole rings is 1. The van der Waals surface area contributed by atoms with Crippen LogP contribution in [-0.4, -0.2) is 39.8 Å². The van der Waals surface area contributed by atoms with Crippen molar-refractivity contribution in [1.29, 1.82) is 0 Å². The van der Waals surface area contributed by atoms with E-state index >= 15 is 0 Å². The number of rotatable bonds is 7. The zero-order valence-electron chi connectivity index (χ0n) is 13.9. The van der Waals surface area contributed by atoms with Crippen molar-refractivity contribution in [2.45, 2.75) is 13.0 Å². The molecule has 2 aromatic carbocycles. The van der Waals surface area contributed by atoms with E-state index in [1.54, 1.807) is 7.11 Å². The van der Waals surface area contributed by atoms with E-state index in [4.69, 9.17) is 4.74 Å². The van der Waals surface area contributed by atoms with E-state index in [1.165, 1.54) is 4.80 Å². The Morgan fingerprint density at radius 1 is 1.12 bits per heavy atom. The fraction of sp³-hybridized carbons (Fsp3) is 0.222. The number of benzene rings is 2. The second-order valence-electron chi connectivity index (χ2n) is 5.46. The Labute approximate surface area is 145 Å². The SMILES string of the molecule is COc1ccc(CCNC(=O)Cn2nnc(-c3ccccc3)n2)cc1. The van der Waals surface area contributed by atoms with E-state index in [-0.39, 0.29) is 12.5 Å². The first-order chi connectivity index (χ1) is 12.2. The highest BCUT2D eigenvalue weighted by atomic mass is 16.5. The molecule has 0 radical (unpaired) electrons. The smallest absolute Gasteiger partial charge is 0.243 e. The summed E-state index contributed by atoms with van der Waals surface area (Å²) in [4.78, 5) is 13.3. The van der Waals surface area contributed by atoms with Crippen LogP contribution < -0.4 is 10.1 Å². The van der Waals surface area contributed by atoms with Crippen molar-refractivity contribution in [1.82, 2.24) is 25.5 Å². The molecule has 7 heteroatoms. The first-order valence-electron chi connectivity index (χ1n) is 7.97. The van der Waals surface area contributed by atoms with Crippen LogP contribution in [0.25, 0.3) is 11.4 Å². The van der Waals surface area contributed by atoms with Crippen LogP contribution in [0.1, 0.15) is 5.56 Å². The second-order valence-corrected chi connectivity index (χ2v) is 5.46. The molecule has 0 aliphatic rings. The van der Waals surface area contributed by atoms with Crippen molar-refractivity contribution < 1.29 is 9.53 Å². The summed E-state index contributed by atoms with van der Waals surface area (Å²) >= 11 is 0. The summed E-state index contributed by atoms with van der Waals surface area (Å²) in [7, 11) is 1.64. The van der Waals surface area contributed by atoms with Gasteiger partial charge in [0.05, 0.1) is 7.11 Å². The molecule has 3 aromatic rings. The number of carbonyl (C=O) groups excluding carboxylic acids is 1. The van der Waals surface area contributed by atoms with Crippen molar-refractivity contribution in [3.63, 3.8) is 0 Å². The van der Waals surface area contributed by atoms with Gasteiger partial charge in [0.2, 0.25) is 11.7 Å². The van der Waals surface area contributed by atoms with E-state index < -0.39 is 0 Å². The average Bonchev–Trinajstić information content (AvgIpc) is 3.11. The van der Waals surface area contributed by atoms with Gasteiger partial charge in [-0.3, -0.25) is 4.79 Å². The molecule has 0 aliphatic carbocycles. The molecule has 128 valence electrons. The van der Waals surface area contributed by atoms with Crippen molar-refractivity contribution in [2.75, 3.05) is 13.7 Å². The summed E-state index contributed by atoms with van der Waals surface area (Å²) in [5.74, 6) is 1.18. The molecule has 1 heterocycles. The van der Waals surface area contributed by atoms with Crippen LogP contribution in [0.4, 0.5) is 0 Å². The van der Waals surface area contributed by atoms with Crippen LogP contribution in [0.5, 0.6) is 5.75 Å². The molecular weight excluding hydrogens is 318 g/mol. The van der Waals surface area contributed by atoms with E-state index in [1.807, 2.05) is 54.6 Å². The van der Waals surface area contributed by atoms with Crippen molar-refractivity contribution in [2.24, 2.45) is 0 Å². The third kappa shape index (κ3) is 4.63. The summed E-state index contributed by atoms with van der Waals surface area (Å²) in [6.45, 7) is 0.591. The van der Waals surface area contributed by atoms with E-state index in [0.717, 1.165) is 23.3 Å². The normalized spacial score (nSPS) is 10.4. The zero-order chi connectivity index (χ0) is 17.5. The molecule has 0 unspecified atom stereocenters. The Balaban J connectivity index is 1.47. The average molecular weight is 337 g/mol. The highest BCUT2D eigenvalue weighted by molar-refractivity contribution is 5.75. The third-order valence-electron chi connectivity index (χ3n) is 3.66. The Kier molecular flexibility index (Phi) is 5.36. The van der Waals surface area contributed by atoms with Crippen molar-refractivity contribution in [3.8, 4) is 17.1 Å². The Bertz CT molecular complexity index is 815. The van der Waals surface area contributed by atoms with Crippen LogP contribution in [0.2, 0.25) is 0 Å². The molecule has 0 bridgehead atoms. The monoisotopic (exact) mass is 337 g/mol. The molecule has 0 saturated heterocycles. The number of amides is 1. The third-order valence-corrected chi connectivity index (χ3v) is 3.66. The van der Waals surface area contributed by atoms with Gasteiger partial charge in [-0.05, 0) is 29.3 Å². The fourth-order valence-corrected chi connectivity index (χ4v) is 2.34. The van der Waals surface area contributed by atoms with Crippen LogP contribution in [-0.2, 0) is 17.8 Å². The van der Waals surface area contributed by atoms with Gasteiger partial charge >= 0.3 is 0 Å². The number of methoxy groups -OCH3 is 1. The molecule has 0 atom stereocenters. The minimum atomic E-state index is -0.148. The summed E-state index contributed by atoms with van der Waals surface area (Å²) in [6, 6.07) is 17.3. The van der Waals surface area contributed by atoms with Crippen LogP contribution >= 0.6 is 0 Å². The largest absolute Gasteiger partial charge is 0.497 e. The van der Waals surface area contributed by atoms with Gasteiger partial charge in [-0.1, -0.05) is 42.5 Å². The number of nitrogens with one attached hydrogen (secondary N) is 1. The number of hydrogen-bond acceptors (Lipinski definition) is 5. The standard InChI is InChI=1S/C18H19N5O2/c1-25-16-9-7-14(8-10-16)11-12-19-17(24)13-23-21-18(20-22-23)15-5-3-2-4-6-15/h2-10H,11-13H2,1H3,(H,19,24). The topological polar surface area (TPSA) is 81.9 Å². The van der Waals surface area contributed by atoms with Gasteiger partial charge in [-0.25, -0.2) is 0 Å². The maximum atomic E-state index is 12.0. The number of carbonyl (C=O) groups is 1. The van der Waals surface area contributed by atoms with Crippen molar-refractivity contribution in [3.05, 3.63) is 60.2 Å². The second kappa shape index (κ2) is 8.05. The van der Waals surface area contributed by atoms with E-state index in [2.05, 4.69) is 20.7 Å². The molecule has 0 saturated carbocycles. The molecule has 1 amide bonds. The quantitative estimate of drug-likeness (QED) is 0.710. The number of nitrogens with zero attached hydrogens (tertiary/aromatic N) is 4. The van der Waals surface area contributed by atoms with Gasteiger partial charge in [-0.2, -0.15) is 4.80 Å². The van der Waals surface area contributed by atoms with Gasteiger partial charge in [0, 0.05) is 12.1 Å². The lowest BCUT2D eigenvalue weighted by molar-refractivity contribution is -0.122. The predicted octanol–water partition coefficient (Wildman–Crippen LogP) is 1.71. The van der Waals surface area contributed by atoms with Gasteiger partial charge < -0.3 is 10.1 Å². The van der Waals surface area contributed by atoms with Gasteiger partial charge in [0.15, 0.2) is 0 Å². The summed E-state index contributed by atoms with van der Waals surface area (Å²) < 4.78 is 5.12. The minimum Gasteiger partial charge on any atom is -0.497 e. The van der Waals surface area contributed by atoms with Crippen molar-refractivity contribution >= 4 is 5.91 Å². The maximum absolute atomic E-state index is 12.0. The molecule has 3 rings (SSSR count). The Morgan fingerprint density at radius 3 is 2.60 bits per heavy atom. The first-order valence-corrected chi connectivity index (χ1v) is 7.97. The predicted molar refractivity (Wildman–Crippen MR) is 93.0 cm³/mol. The lowest BCUT2D eigenvalue weighted by Gasteiger charge is -2.05. The van der Waals surface area contributed by atoms with Gasteiger partial charge in [-0.15, -0.1) is 10.2 Å². The molecule has 0 aliphatic heterocycles. The minimum absolute atomic E-state index is 0.0441. The summed E-state index contributed by atoms with van der Waals surface area (Å²) in [6.07, 6.45) is 0.746. The van der Waals surface area contributed by atoms with Gasteiger partial charge in [0.1, 0.15) is 12.3 Å². The summed E-state index contributed by atoms with van der Waals surface area (Å²) in [5, 5.41) is 15.0. The number of ether oxygens (including phenoxy) is 1. The molecule has 7 nitrogen and oxygen atoms in total. The number of aromatic nitrogens is 4. The summed E-state index contributed by atoms with van der Waals surface area (Å²) in [5.41, 5.74) is 2.00. The molecule has 25 heavy (non-hydrogen) atoms. The lowest BCUT2D eigenvalue weighted by Crippen LogP contribution is -2.30. The molecule has 1 aromatic heterocycles. The highest BCUT2D eigenvalue weighted by Gasteiger charge is 2.08. The molecule has 1 N–H and O–H groups in total. The lowest BCUT2D eigenvalue weighted by atomic mass is 10.1. The highest BCUT2D eigenvalue weighted by Crippen LogP contribution is 2.12. The zero-order valence-corrected chi connectivity index (χ0v) is 13.9. The van der Waals surface area contributed by atoms with Gasteiger partial charge in [0.25, 0.3) is 0 Å². The molecule has 0 fully saturated rings. The molecular formula is C18H19N5O2. The first kappa shape index (κ1) is 16.6. The van der Waals surface area contributed by atoms with Crippen LogP contribution in [0.15, 0.2) is 54.6 Å². The van der Waals surface area contributed by atoms with Crippen LogP contribution in [0, 0.1) is 0 Å². The fourth-order valence-electron chi connectivity index (χ4n) is 2.34. The van der Waals surface area contributed by atoms with E-state index in [0.29, 0.717) is 12.4 Å². The van der Waals surface area contributed by atoms with E-state index in [9.17, 15) is 4.79 Å². The maximum Gasteiger partial charge on any atom is 0.243 e. The Morgan fingerprint density at radius 2 is 1.88 bits per heavy atom. The Hall–Kier alpha value is -3.22. The van der Waals surface area contributed by atoms with Crippen LogP contribution in [0.3, 0.4) is 0 Å². The number of hydrogen-bond donors (Lipinski definition) is 1.